The van der Waals surface area contributed by atoms with Crippen LogP contribution in [0.5, 0.6) is 0 Å². The van der Waals surface area contributed by atoms with Gasteiger partial charge in [0.25, 0.3) is 0 Å². The molecule has 1 heterocycles. The lowest BCUT2D eigenvalue weighted by molar-refractivity contribution is -0.537. The maximum atomic E-state index is 14.3. The predicted molar refractivity (Wildman–Crippen MR) is 146 cm³/mol. The van der Waals surface area contributed by atoms with Gasteiger partial charge in [0.05, 0.1) is 11.3 Å². The van der Waals surface area contributed by atoms with Crippen molar-refractivity contribution in [3.05, 3.63) is 122 Å². The number of nitrogens with zero attached hydrogens (tertiary/aromatic N) is 2. The molecule has 0 unspecified atom stereocenters. The third kappa shape index (κ3) is 3.32. The average molecular weight is 507 g/mol. The molecule has 1 saturated carbocycles. The lowest BCUT2D eigenvalue weighted by atomic mass is 9.66. The second-order valence-electron chi connectivity index (χ2n) is 11.1. The summed E-state index contributed by atoms with van der Waals surface area (Å²) in [5, 5.41) is 12.9. The molecule has 1 amide bonds. The number of aldehydes is 1. The second-order valence-corrected chi connectivity index (χ2v) is 11.1. The summed E-state index contributed by atoms with van der Waals surface area (Å²) < 4.78 is 0. The molecule has 6 rings (SSSR count). The Morgan fingerprint density at radius 1 is 0.947 bits per heavy atom. The number of hydrogen-bond donors (Lipinski definition) is 0. The van der Waals surface area contributed by atoms with E-state index in [1.807, 2.05) is 92.7 Å². The van der Waals surface area contributed by atoms with E-state index in [1.165, 1.54) is 0 Å². The standard InChI is InChI=1S/C32H30N2O4/c1-19-8-12-21(13-9-19)28-23(18-35)16-24-25(30(28)34(37)38)17-32(29(24)22-14-10-20(2)11-15-22)26-6-4-5-7-27(26)33(3)31(32)36/h4-16,18,24-25,28-30H,17H2,1-3H3/t24-,25+,28+,29+,30+,32+/m0/s1. The number of rotatable bonds is 4. The molecule has 0 bridgehead atoms. The molecule has 0 radical (unpaired) electrons. The quantitative estimate of drug-likeness (QED) is 0.266. The van der Waals surface area contributed by atoms with Crippen LogP contribution in [-0.2, 0) is 15.0 Å². The Bertz CT molecular complexity index is 1480. The predicted octanol–water partition coefficient (Wildman–Crippen LogP) is 5.51. The third-order valence-corrected chi connectivity index (χ3v) is 9.18. The Balaban J connectivity index is 1.61. The number of fused-ring (bicyclic) bond motifs is 3. The van der Waals surface area contributed by atoms with Gasteiger partial charge in [-0.15, -0.1) is 0 Å². The number of carbonyl (C=O) groups excluding carboxylic acids is 2. The minimum atomic E-state index is -1.02. The molecule has 0 N–H and O–H groups in total. The van der Waals surface area contributed by atoms with Gasteiger partial charge >= 0.3 is 0 Å². The van der Waals surface area contributed by atoms with Crippen LogP contribution in [0.4, 0.5) is 5.69 Å². The lowest BCUT2D eigenvalue weighted by Gasteiger charge is -2.36. The fourth-order valence-electron chi connectivity index (χ4n) is 7.55. The summed E-state index contributed by atoms with van der Waals surface area (Å²) in [4.78, 5) is 41.1. The van der Waals surface area contributed by atoms with Crippen LogP contribution in [0.2, 0.25) is 0 Å². The molecular weight excluding hydrogens is 476 g/mol. The Kier molecular flexibility index (Phi) is 5.60. The normalized spacial score (nSPS) is 29.7. The summed E-state index contributed by atoms with van der Waals surface area (Å²) >= 11 is 0. The number of amides is 1. The Morgan fingerprint density at radius 3 is 2.16 bits per heavy atom. The zero-order valence-corrected chi connectivity index (χ0v) is 21.7. The van der Waals surface area contributed by atoms with E-state index in [0.29, 0.717) is 12.0 Å². The fourth-order valence-corrected chi connectivity index (χ4v) is 7.55. The molecule has 0 saturated heterocycles. The maximum Gasteiger partial charge on any atom is 0.238 e. The van der Waals surface area contributed by atoms with E-state index in [9.17, 15) is 19.7 Å². The van der Waals surface area contributed by atoms with Crippen LogP contribution in [0, 0.1) is 35.8 Å². The second kappa shape index (κ2) is 8.76. The van der Waals surface area contributed by atoms with Crippen LogP contribution < -0.4 is 4.90 Å². The molecule has 6 nitrogen and oxygen atoms in total. The van der Waals surface area contributed by atoms with Crippen molar-refractivity contribution in [1.82, 2.24) is 0 Å². The van der Waals surface area contributed by atoms with E-state index in [4.69, 9.17) is 0 Å². The molecule has 3 aromatic rings. The van der Waals surface area contributed by atoms with Crippen LogP contribution in [0.3, 0.4) is 0 Å². The minimum Gasteiger partial charge on any atom is -0.314 e. The van der Waals surface area contributed by atoms with E-state index in [1.54, 1.807) is 11.9 Å². The molecule has 192 valence electrons. The van der Waals surface area contributed by atoms with Gasteiger partial charge in [0.1, 0.15) is 6.29 Å². The summed E-state index contributed by atoms with van der Waals surface area (Å²) in [6.45, 7) is 3.98. The van der Waals surface area contributed by atoms with Crippen molar-refractivity contribution in [1.29, 1.82) is 0 Å². The van der Waals surface area contributed by atoms with Crippen molar-refractivity contribution in [3.8, 4) is 0 Å². The van der Waals surface area contributed by atoms with Gasteiger partial charge in [0.15, 0.2) is 0 Å². The van der Waals surface area contributed by atoms with Gasteiger partial charge in [-0.1, -0.05) is 83.9 Å². The summed E-state index contributed by atoms with van der Waals surface area (Å²) in [7, 11) is 1.79. The number of likely N-dealkylation sites (N-methyl/N-ethyl adjacent to an activating group) is 1. The van der Waals surface area contributed by atoms with E-state index in [0.717, 1.165) is 39.8 Å². The van der Waals surface area contributed by atoms with Gasteiger partial charge in [-0.3, -0.25) is 19.7 Å². The average Bonchev–Trinajstić information content (AvgIpc) is 3.36. The van der Waals surface area contributed by atoms with Gasteiger partial charge in [0.2, 0.25) is 11.9 Å². The van der Waals surface area contributed by atoms with Crippen molar-refractivity contribution in [2.24, 2.45) is 11.8 Å². The Morgan fingerprint density at radius 2 is 1.55 bits per heavy atom. The topological polar surface area (TPSA) is 80.5 Å². The van der Waals surface area contributed by atoms with Crippen LogP contribution in [0.1, 0.15) is 46.1 Å². The Labute approximate surface area is 222 Å². The highest BCUT2D eigenvalue weighted by Crippen LogP contribution is 2.65. The van der Waals surface area contributed by atoms with E-state index < -0.39 is 23.3 Å². The van der Waals surface area contributed by atoms with Crippen molar-refractivity contribution in [3.63, 3.8) is 0 Å². The first kappa shape index (κ1) is 24.3. The molecule has 2 aliphatic carbocycles. The number of aryl methyl sites for hydroxylation is 2. The van der Waals surface area contributed by atoms with Crippen molar-refractivity contribution in [2.45, 2.75) is 43.6 Å². The van der Waals surface area contributed by atoms with Crippen LogP contribution >= 0.6 is 0 Å². The van der Waals surface area contributed by atoms with Crippen molar-refractivity contribution >= 4 is 17.9 Å². The van der Waals surface area contributed by atoms with Crippen LogP contribution in [0.25, 0.3) is 0 Å². The summed E-state index contributed by atoms with van der Waals surface area (Å²) in [5.74, 6) is -1.78. The van der Waals surface area contributed by atoms with Gasteiger partial charge in [-0.25, -0.2) is 0 Å². The number of nitro groups is 1. The summed E-state index contributed by atoms with van der Waals surface area (Å²) in [6, 6.07) is 22.6. The van der Waals surface area contributed by atoms with E-state index in [2.05, 4.69) is 0 Å². The van der Waals surface area contributed by atoms with Gasteiger partial charge in [-0.05, 0) is 48.9 Å². The van der Waals surface area contributed by atoms with Crippen LogP contribution in [0.15, 0.2) is 84.4 Å². The van der Waals surface area contributed by atoms with E-state index in [-0.39, 0.29) is 22.7 Å². The summed E-state index contributed by atoms with van der Waals surface area (Å²) in [6.07, 6.45) is 3.09. The van der Waals surface area contributed by atoms with Gasteiger partial charge in [-0.2, -0.15) is 0 Å². The molecule has 1 fully saturated rings. The number of para-hydroxylation sites is 1. The smallest absolute Gasteiger partial charge is 0.238 e. The zero-order chi connectivity index (χ0) is 26.8. The fraction of sp³-hybridized carbons (Fsp3) is 0.312. The molecule has 3 aliphatic rings. The first-order valence-electron chi connectivity index (χ1n) is 13.1. The highest BCUT2D eigenvalue weighted by molar-refractivity contribution is 6.09. The molecule has 1 spiro atoms. The monoisotopic (exact) mass is 506 g/mol. The maximum absolute atomic E-state index is 14.3. The number of carbonyl (C=O) groups is 2. The molecule has 6 atom stereocenters. The molecule has 1 aliphatic heterocycles. The van der Waals surface area contributed by atoms with Crippen LogP contribution in [-0.4, -0.2) is 30.2 Å². The third-order valence-electron chi connectivity index (χ3n) is 9.18. The molecular formula is C32H30N2O4. The number of hydrogen-bond acceptors (Lipinski definition) is 4. The molecule has 6 heteroatoms. The van der Waals surface area contributed by atoms with Gasteiger partial charge in [0, 0.05) is 35.1 Å². The number of anilines is 1. The number of benzene rings is 3. The first-order chi connectivity index (χ1) is 18.3. The highest BCUT2D eigenvalue weighted by atomic mass is 16.6. The lowest BCUT2D eigenvalue weighted by Crippen LogP contribution is -2.42. The van der Waals surface area contributed by atoms with Gasteiger partial charge < -0.3 is 4.90 Å². The SMILES string of the molecule is Cc1ccc([C@@H]2[C@H]3C=C(C=O)[C@@H](c4ccc(C)cc4)[C@H]([N+](=O)[O-])[C@@H]3C[C@]23C(=O)N(C)c2ccccc23)cc1. The Hall–Kier alpha value is -4.06. The molecule has 38 heavy (non-hydrogen) atoms. The largest absolute Gasteiger partial charge is 0.314 e. The molecule has 0 aromatic heterocycles. The van der Waals surface area contributed by atoms with E-state index >= 15 is 0 Å². The highest BCUT2D eigenvalue weighted by Gasteiger charge is 2.67. The summed E-state index contributed by atoms with van der Waals surface area (Å²) in [5.41, 5.74) is 5.13. The van der Waals surface area contributed by atoms with Crippen molar-refractivity contribution < 1.29 is 14.5 Å². The van der Waals surface area contributed by atoms with Crippen molar-refractivity contribution in [2.75, 3.05) is 11.9 Å². The first-order valence-corrected chi connectivity index (χ1v) is 13.1. The number of allylic oxidation sites excluding steroid dienone is 1. The zero-order valence-electron chi connectivity index (χ0n) is 21.7. The molecule has 3 aromatic carbocycles. The minimum absolute atomic E-state index is 0.0336.